The van der Waals surface area contributed by atoms with Gasteiger partial charge in [0.25, 0.3) is 0 Å². The van der Waals surface area contributed by atoms with E-state index in [1.807, 2.05) is 25.2 Å². The number of hydrogen-bond donors (Lipinski definition) is 1. The van der Waals surface area contributed by atoms with Crippen LogP contribution in [0.15, 0.2) is 48.5 Å². The number of hydrogen-bond acceptors (Lipinski definition) is 5. The molecule has 1 aliphatic rings. The molecule has 3 aromatic rings. The van der Waals surface area contributed by atoms with Crippen molar-refractivity contribution in [2.75, 3.05) is 18.9 Å². The molecule has 1 aliphatic carbocycles. The normalized spacial score (nSPS) is 13.2. The number of likely N-dealkylation sites (N-methyl/N-ethyl adjacent to an activating group) is 1. The average Bonchev–Trinajstić information content (AvgIpc) is 3.58. The maximum Gasteiger partial charge on any atom is 0.227 e. The average molecular weight is 465 g/mol. The number of halogens is 1. The number of carbonyl (C=O) groups is 3. The summed E-state index contributed by atoms with van der Waals surface area (Å²) in [5.41, 5.74) is 4.05. The Hall–Kier alpha value is -3.29. The van der Waals surface area contributed by atoms with Crippen LogP contribution in [0.25, 0.3) is 11.3 Å². The van der Waals surface area contributed by atoms with Crippen molar-refractivity contribution in [2.45, 2.75) is 25.9 Å². The molecule has 4 rings (SSSR count). The van der Waals surface area contributed by atoms with Crippen molar-refractivity contribution in [3.63, 3.8) is 0 Å². The van der Waals surface area contributed by atoms with E-state index in [4.69, 9.17) is 11.6 Å². The number of amides is 1. The largest absolute Gasteiger partial charge is 0.325 e. The zero-order valence-electron chi connectivity index (χ0n) is 18.3. The van der Waals surface area contributed by atoms with E-state index in [1.54, 1.807) is 35.0 Å². The van der Waals surface area contributed by atoms with Gasteiger partial charge in [-0.15, -0.1) is 0 Å². The Kier molecular flexibility index (Phi) is 7.01. The smallest absolute Gasteiger partial charge is 0.227 e. The Balaban J connectivity index is 1.49. The molecule has 1 fully saturated rings. The molecular weight excluding hydrogens is 440 g/mol. The van der Waals surface area contributed by atoms with Crippen molar-refractivity contribution in [1.29, 1.82) is 0 Å². The van der Waals surface area contributed by atoms with Crippen molar-refractivity contribution in [3.05, 3.63) is 70.4 Å². The highest BCUT2D eigenvalue weighted by molar-refractivity contribution is 6.31. The van der Waals surface area contributed by atoms with Crippen LogP contribution < -0.4 is 5.32 Å². The highest BCUT2D eigenvalue weighted by Crippen LogP contribution is 2.34. The molecule has 1 amide bonds. The second kappa shape index (κ2) is 10.1. The van der Waals surface area contributed by atoms with Gasteiger partial charge in [-0.05, 0) is 55.8 Å². The van der Waals surface area contributed by atoms with Crippen molar-refractivity contribution >= 4 is 35.8 Å². The molecule has 7 nitrogen and oxygen atoms in total. The number of nitrogens with one attached hydrogen (secondary N) is 1. The monoisotopic (exact) mass is 464 g/mol. The molecule has 33 heavy (non-hydrogen) atoms. The predicted molar refractivity (Wildman–Crippen MR) is 128 cm³/mol. The van der Waals surface area contributed by atoms with Gasteiger partial charge in [0.1, 0.15) is 12.0 Å². The molecule has 8 heteroatoms. The van der Waals surface area contributed by atoms with Gasteiger partial charge in [0.05, 0.1) is 17.9 Å². The molecular formula is C25H25ClN4O3. The van der Waals surface area contributed by atoms with Gasteiger partial charge in [0.2, 0.25) is 5.91 Å². The van der Waals surface area contributed by atoms with Crippen molar-refractivity contribution < 1.29 is 14.4 Å². The van der Waals surface area contributed by atoms with Crippen LogP contribution in [-0.4, -0.2) is 46.8 Å². The molecule has 2 aromatic carbocycles. The third-order valence-electron chi connectivity index (χ3n) is 5.63. The minimum Gasteiger partial charge on any atom is -0.325 e. The first kappa shape index (κ1) is 22.9. The molecule has 0 aliphatic heterocycles. The Morgan fingerprint density at radius 2 is 2.00 bits per heavy atom. The standard InChI is InChI=1S/C25H25ClN4O3/c1-29(14-17-3-2-4-18(11-17)15-31)9-10-30-21(16-32)13-24(28-30)22-8-7-20(26)12-23(22)27-25(33)19-5-6-19/h2-4,7-8,11-13,15-16,19H,5-6,9-10,14H2,1H3,(H,27,33). The van der Waals surface area contributed by atoms with E-state index in [1.165, 1.54) is 0 Å². The molecule has 0 spiro atoms. The Bertz CT molecular complexity index is 1190. The first-order valence-corrected chi connectivity index (χ1v) is 11.2. The predicted octanol–water partition coefficient (Wildman–Crippen LogP) is 4.31. The second-order valence-corrected chi connectivity index (χ2v) is 8.79. The minimum atomic E-state index is -0.0196. The van der Waals surface area contributed by atoms with Gasteiger partial charge < -0.3 is 10.2 Å². The summed E-state index contributed by atoms with van der Waals surface area (Å²) in [5.74, 6) is 0.0384. The molecule has 170 valence electrons. The summed E-state index contributed by atoms with van der Waals surface area (Å²) in [4.78, 5) is 37.1. The topological polar surface area (TPSA) is 84.3 Å². The molecule has 0 saturated heterocycles. The van der Waals surface area contributed by atoms with Gasteiger partial charge in [0, 0.05) is 35.2 Å². The Morgan fingerprint density at radius 1 is 1.18 bits per heavy atom. The van der Waals surface area contributed by atoms with Crippen LogP contribution in [0.3, 0.4) is 0 Å². The number of anilines is 1. The van der Waals surface area contributed by atoms with Gasteiger partial charge in [-0.3, -0.25) is 19.1 Å². The van der Waals surface area contributed by atoms with Crippen LogP contribution in [-0.2, 0) is 17.9 Å². The molecule has 1 N–H and O–H groups in total. The number of carbonyl (C=O) groups excluding carboxylic acids is 3. The summed E-state index contributed by atoms with van der Waals surface area (Å²) in [6.45, 7) is 1.83. The Morgan fingerprint density at radius 3 is 2.73 bits per heavy atom. The lowest BCUT2D eigenvalue weighted by atomic mass is 10.1. The molecule has 1 saturated carbocycles. The van der Waals surface area contributed by atoms with Gasteiger partial charge in [-0.25, -0.2) is 0 Å². The van der Waals surface area contributed by atoms with E-state index in [0.717, 1.165) is 31.0 Å². The first-order valence-electron chi connectivity index (χ1n) is 10.8. The fourth-order valence-electron chi connectivity index (χ4n) is 3.68. The summed E-state index contributed by atoms with van der Waals surface area (Å²) < 4.78 is 1.67. The maximum atomic E-state index is 12.3. The van der Waals surface area contributed by atoms with Crippen LogP contribution in [0.1, 0.15) is 39.3 Å². The van der Waals surface area contributed by atoms with E-state index >= 15 is 0 Å². The number of nitrogens with zero attached hydrogens (tertiary/aromatic N) is 3. The third-order valence-corrected chi connectivity index (χ3v) is 5.86. The molecule has 0 unspecified atom stereocenters. The van der Waals surface area contributed by atoms with Gasteiger partial charge in [-0.2, -0.15) is 5.10 Å². The number of benzene rings is 2. The van der Waals surface area contributed by atoms with E-state index in [9.17, 15) is 14.4 Å². The van der Waals surface area contributed by atoms with Crippen LogP contribution >= 0.6 is 11.6 Å². The van der Waals surface area contributed by atoms with Crippen LogP contribution in [0.4, 0.5) is 5.69 Å². The van der Waals surface area contributed by atoms with Crippen LogP contribution in [0.2, 0.25) is 5.02 Å². The summed E-state index contributed by atoms with van der Waals surface area (Å²) in [7, 11) is 1.98. The van der Waals surface area contributed by atoms with Gasteiger partial charge in [-0.1, -0.05) is 29.8 Å². The van der Waals surface area contributed by atoms with E-state index in [-0.39, 0.29) is 11.8 Å². The quantitative estimate of drug-likeness (QED) is 0.452. The lowest BCUT2D eigenvalue weighted by Crippen LogP contribution is -2.24. The maximum absolute atomic E-state index is 12.3. The molecule has 0 bridgehead atoms. The molecule has 1 heterocycles. The van der Waals surface area contributed by atoms with E-state index in [2.05, 4.69) is 15.3 Å². The number of rotatable bonds is 10. The fraction of sp³-hybridized carbons (Fsp3) is 0.280. The summed E-state index contributed by atoms with van der Waals surface area (Å²) in [6.07, 6.45) is 3.42. The lowest BCUT2D eigenvalue weighted by Gasteiger charge is -2.17. The molecule has 1 aromatic heterocycles. The molecule has 0 atom stereocenters. The lowest BCUT2D eigenvalue weighted by molar-refractivity contribution is -0.117. The number of aldehydes is 2. The van der Waals surface area contributed by atoms with Gasteiger partial charge >= 0.3 is 0 Å². The summed E-state index contributed by atoms with van der Waals surface area (Å²) >= 11 is 6.16. The third kappa shape index (κ3) is 5.74. The summed E-state index contributed by atoms with van der Waals surface area (Å²) in [5, 5.41) is 8.10. The van der Waals surface area contributed by atoms with Crippen molar-refractivity contribution in [2.24, 2.45) is 5.92 Å². The zero-order chi connectivity index (χ0) is 23.4. The van der Waals surface area contributed by atoms with Gasteiger partial charge in [0.15, 0.2) is 6.29 Å². The SMILES string of the molecule is CN(CCn1nc(-c2ccc(Cl)cc2NC(=O)C2CC2)cc1C=O)Cc1cccc(C=O)c1. The van der Waals surface area contributed by atoms with E-state index in [0.29, 0.717) is 52.9 Å². The van der Waals surface area contributed by atoms with Crippen LogP contribution in [0.5, 0.6) is 0 Å². The second-order valence-electron chi connectivity index (χ2n) is 8.35. The van der Waals surface area contributed by atoms with Crippen LogP contribution in [0, 0.1) is 5.92 Å². The Labute approximate surface area is 197 Å². The zero-order valence-corrected chi connectivity index (χ0v) is 19.1. The fourth-order valence-corrected chi connectivity index (χ4v) is 3.85. The van der Waals surface area contributed by atoms with E-state index < -0.39 is 0 Å². The highest BCUT2D eigenvalue weighted by atomic mass is 35.5. The highest BCUT2D eigenvalue weighted by Gasteiger charge is 2.30. The van der Waals surface area contributed by atoms with Crippen molar-refractivity contribution in [1.82, 2.24) is 14.7 Å². The summed E-state index contributed by atoms with van der Waals surface area (Å²) in [6, 6.07) is 14.4. The molecule has 0 radical (unpaired) electrons. The minimum absolute atomic E-state index is 0.0196. The number of aromatic nitrogens is 2. The van der Waals surface area contributed by atoms with Crippen molar-refractivity contribution in [3.8, 4) is 11.3 Å². The first-order chi connectivity index (χ1) is 16.0.